The van der Waals surface area contributed by atoms with E-state index in [4.69, 9.17) is 9.47 Å². The molecule has 0 fully saturated rings. The number of ether oxygens (including phenoxy) is 2. The molecule has 0 atom stereocenters. The number of hydrazone groups is 1. The van der Waals surface area contributed by atoms with Gasteiger partial charge in [0.05, 0.1) is 19.9 Å². The minimum atomic E-state index is -0.694. The summed E-state index contributed by atoms with van der Waals surface area (Å²) >= 11 is 0. The Kier molecular flexibility index (Phi) is 8.61. The number of aromatic amines is 2. The van der Waals surface area contributed by atoms with E-state index in [0.29, 0.717) is 18.1 Å². The maximum absolute atomic E-state index is 11.9. The molecule has 156 valence electrons. The molecule has 29 heavy (non-hydrogen) atoms. The summed E-state index contributed by atoms with van der Waals surface area (Å²) in [5, 5.41) is 9.63. The first-order valence-corrected chi connectivity index (χ1v) is 9.34. The summed E-state index contributed by atoms with van der Waals surface area (Å²) in [5.74, 6) is 0.847. The van der Waals surface area contributed by atoms with Crippen molar-refractivity contribution >= 4 is 12.1 Å². The topological polar surface area (TPSA) is 139 Å². The number of aryl methyl sites for hydroxylation is 1. The Morgan fingerprint density at radius 1 is 1.28 bits per heavy atom. The Balaban J connectivity index is 1.86. The Hall–Kier alpha value is -3.43. The summed E-state index contributed by atoms with van der Waals surface area (Å²) in [6.07, 6.45) is 4.76. The van der Waals surface area contributed by atoms with Crippen molar-refractivity contribution in [2.24, 2.45) is 5.10 Å². The van der Waals surface area contributed by atoms with Gasteiger partial charge in [0.1, 0.15) is 5.69 Å². The third kappa shape index (κ3) is 7.24. The van der Waals surface area contributed by atoms with Crippen molar-refractivity contribution in [2.45, 2.75) is 39.0 Å². The summed E-state index contributed by atoms with van der Waals surface area (Å²) < 4.78 is 11.1. The highest BCUT2D eigenvalue weighted by molar-refractivity contribution is 5.83. The number of nitrogens with zero attached hydrogens (tertiary/aromatic N) is 2. The quantitative estimate of drug-likeness (QED) is 0.292. The molecular weight excluding hydrogens is 378 g/mol. The molecule has 0 radical (unpaired) electrons. The lowest BCUT2D eigenvalue weighted by Gasteiger charge is -2.11. The van der Waals surface area contributed by atoms with Gasteiger partial charge in [0, 0.05) is 12.8 Å². The van der Waals surface area contributed by atoms with Crippen molar-refractivity contribution < 1.29 is 14.3 Å². The van der Waals surface area contributed by atoms with Crippen molar-refractivity contribution in [3.63, 3.8) is 0 Å². The standard InChI is InChI=1S/C19H25N5O5/c1-3-4-5-10-29-15-8-6-13(11-16(15)28-2)12-20-23-17(25)9-7-14-18(26)21-19(27)24-22-14/h6,8,11-12H,3-5,7,9-10H2,1-2H3,(H,23,25)(H2,21,24,26,27)/b20-12+. The summed E-state index contributed by atoms with van der Waals surface area (Å²) in [7, 11) is 1.56. The van der Waals surface area contributed by atoms with Crippen molar-refractivity contribution in [3.05, 3.63) is 50.3 Å². The van der Waals surface area contributed by atoms with Gasteiger partial charge in [-0.3, -0.25) is 14.6 Å². The van der Waals surface area contributed by atoms with Crippen molar-refractivity contribution in [1.29, 1.82) is 0 Å². The number of carbonyl (C=O) groups excluding carboxylic acids is 1. The average Bonchev–Trinajstić information content (AvgIpc) is 2.71. The number of unbranched alkanes of at least 4 members (excludes halogenated alkanes) is 2. The third-order valence-electron chi connectivity index (χ3n) is 3.97. The first-order valence-electron chi connectivity index (χ1n) is 9.34. The van der Waals surface area contributed by atoms with Crippen LogP contribution in [0.5, 0.6) is 11.5 Å². The maximum Gasteiger partial charge on any atom is 0.342 e. The highest BCUT2D eigenvalue weighted by Gasteiger charge is 2.07. The number of methoxy groups -OCH3 is 1. The smallest absolute Gasteiger partial charge is 0.342 e. The van der Waals surface area contributed by atoms with Crippen LogP contribution < -0.4 is 26.1 Å². The van der Waals surface area contributed by atoms with Crippen LogP contribution >= 0.6 is 0 Å². The van der Waals surface area contributed by atoms with Gasteiger partial charge in [-0.2, -0.15) is 10.2 Å². The van der Waals surface area contributed by atoms with Gasteiger partial charge in [0.15, 0.2) is 11.5 Å². The fourth-order valence-corrected chi connectivity index (χ4v) is 2.43. The predicted molar refractivity (Wildman–Crippen MR) is 108 cm³/mol. The first kappa shape index (κ1) is 21.9. The van der Waals surface area contributed by atoms with Crippen LogP contribution in [-0.4, -0.2) is 41.0 Å². The zero-order valence-electron chi connectivity index (χ0n) is 16.5. The second-order valence-corrected chi connectivity index (χ2v) is 6.21. The lowest BCUT2D eigenvalue weighted by molar-refractivity contribution is -0.121. The number of nitrogens with one attached hydrogen (secondary N) is 3. The van der Waals surface area contributed by atoms with E-state index in [-0.39, 0.29) is 18.5 Å². The van der Waals surface area contributed by atoms with Crippen molar-refractivity contribution in [1.82, 2.24) is 20.6 Å². The number of carbonyl (C=O) groups is 1. The van der Waals surface area contributed by atoms with Crippen LogP contribution in [0, 0.1) is 0 Å². The van der Waals surface area contributed by atoms with E-state index in [9.17, 15) is 14.4 Å². The molecule has 1 aromatic heterocycles. The average molecular weight is 403 g/mol. The Morgan fingerprint density at radius 3 is 2.83 bits per heavy atom. The molecule has 0 unspecified atom stereocenters. The molecule has 10 nitrogen and oxygen atoms in total. The molecule has 1 heterocycles. The van der Waals surface area contributed by atoms with Crippen LogP contribution in [0.25, 0.3) is 0 Å². The molecule has 0 aliphatic rings. The molecule has 1 amide bonds. The Morgan fingerprint density at radius 2 is 2.10 bits per heavy atom. The molecule has 3 N–H and O–H groups in total. The molecule has 0 aliphatic carbocycles. The van der Waals surface area contributed by atoms with Gasteiger partial charge in [-0.25, -0.2) is 15.3 Å². The zero-order valence-corrected chi connectivity index (χ0v) is 16.5. The first-order chi connectivity index (χ1) is 14.0. The summed E-state index contributed by atoms with van der Waals surface area (Å²) in [4.78, 5) is 36.3. The molecule has 0 spiro atoms. The van der Waals surface area contributed by atoms with Crippen LogP contribution in [0.3, 0.4) is 0 Å². The van der Waals surface area contributed by atoms with Gasteiger partial charge < -0.3 is 9.47 Å². The van der Waals surface area contributed by atoms with Crippen molar-refractivity contribution in [3.8, 4) is 11.5 Å². The molecule has 2 aromatic rings. The van der Waals surface area contributed by atoms with Crippen LogP contribution in [0.2, 0.25) is 0 Å². The molecule has 0 saturated heterocycles. The Labute approximate surface area is 167 Å². The number of amides is 1. The third-order valence-corrected chi connectivity index (χ3v) is 3.97. The molecule has 2 rings (SSSR count). The fourth-order valence-electron chi connectivity index (χ4n) is 2.43. The minimum Gasteiger partial charge on any atom is -0.493 e. The van der Waals surface area contributed by atoms with Gasteiger partial charge in [-0.1, -0.05) is 19.8 Å². The summed E-state index contributed by atoms with van der Waals surface area (Å²) in [5.41, 5.74) is 1.86. The normalized spacial score (nSPS) is 10.8. The second kappa shape index (κ2) is 11.4. The molecule has 0 bridgehead atoms. The van der Waals surface area contributed by atoms with E-state index in [2.05, 4.69) is 27.6 Å². The lowest BCUT2D eigenvalue weighted by Crippen LogP contribution is -2.28. The minimum absolute atomic E-state index is 0.00662. The number of aromatic nitrogens is 3. The SMILES string of the molecule is CCCCCOc1ccc(/C=N/NC(=O)CCc2n[nH]c(=O)[nH]c2=O)cc1OC. The van der Waals surface area contributed by atoms with E-state index in [1.54, 1.807) is 25.3 Å². The van der Waals surface area contributed by atoms with Crippen LogP contribution in [0.1, 0.15) is 43.9 Å². The molecule has 0 aliphatic heterocycles. The van der Waals surface area contributed by atoms with Gasteiger partial charge in [0.2, 0.25) is 5.91 Å². The van der Waals surface area contributed by atoms with E-state index >= 15 is 0 Å². The number of rotatable bonds is 11. The molecule has 1 aromatic carbocycles. The summed E-state index contributed by atoms with van der Waals surface area (Å²) in [6.45, 7) is 2.76. The predicted octanol–water partition coefficient (Wildman–Crippen LogP) is 1.12. The van der Waals surface area contributed by atoms with E-state index < -0.39 is 17.2 Å². The van der Waals surface area contributed by atoms with Crippen molar-refractivity contribution in [2.75, 3.05) is 13.7 Å². The van der Waals surface area contributed by atoms with Gasteiger partial charge in [0.25, 0.3) is 5.56 Å². The number of hydrogen-bond acceptors (Lipinski definition) is 7. The second-order valence-electron chi connectivity index (χ2n) is 6.21. The fraction of sp³-hybridized carbons (Fsp3) is 0.421. The number of hydrogen-bond donors (Lipinski definition) is 3. The van der Waals surface area contributed by atoms with E-state index in [1.165, 1.54) is 6.21 Å². The van der Waals surface area contributed by atoms with E-state index in [0.717, 1.165) is 24.8 Å². The molecular formula is C19H25N5O5. The van der Waals surface area contributed by atoms with Gasteiger partial charge >= 0.3 is 5.69 Å². The van der Waals surface area contributed by atoms with Gasteiger partial charge in [-0.15, -0.1) is 0 Å². The zero-order chi connectivity index (χ0) is 21.1. The van der Waals surface area contributed by atoms with Crippen LogP contribution in [0.15, 0.2) is 32.9 Å². The van der Waals surface area contributed by atoms with Crippen LogP contribution in [0.4, 0.5) is 0 Å². The lowest BCUT2D eigenvalue weighted by atomic mass is 10.2. The maximum atomic E-state index is 11.9. The van der Waals surface area contributed by atoms with Gasteiger partial charge in [-0.05, 0) is 30.2 Å². The number of H-pyrrole nitrogens is 2. The van der Waals surface area contributed by atoms with Crippen LogP contribution in [-0.2, 0) is 11.2 Å². The Bertz CT molecular complexity index is 950. The monoisotopic (exact) mass is 403 g/mol. The highest BCUT2D eigenvalue weighted by Crippen LogP contribution is 2.27. The van der Waals surface area contributed by atoms with E-state index in [1.807, 2.05) is 4.98 Å². The summed E-state index contributed by atoms with van der Waals surface area (Å²) in [6, 6.07) is 5.35. The molecule has 10 heteroatoms. The largest absolute Gasteiger partial charge is 0.493 e. The number of benzene rings is 1. The highest BCUT2D eigenvalue weighted by atomic mass is 16.5. The molecule has 0 saturated carbocycles.